The van der Waals surface area contributed by atoms with Crippen LogP contribution >= 0.6 is 0 Å². The molecule has 2 fully saturated rings. The van der Waals surface area contributed by atoms with Gasteiger partial charge in [-0.1, -0.05) is 32.0 Å². The molecule has 0 unspecified atom stereocenters. The van der Waals surface area contributed by atoms with Crippen LogP contribution in [0, 0.1) is 23.2 Å². The van der Waals surface area contributed by atoms with Crippen molar-refractivity contribution in [1.29, 1.82) is 0 Å². The van der Waals surface area contributed by atoms with Gasteiger partial charge in [0.05, 0.1) is 19.3 Å². The minimum atomic E-state index is -0.197. The van der Waals surface area contributed by atoms with E-state index in [9.17, 15) is 5.11 Å². The van der Waals surface area contributed by atoms with Crippen molar-refractivity contribution >= 4 is 0 Å². The Morgan fingerprint density at radius 2 is 2.05 bits per heavy atom. The van der Waals surface area contributed by atoms with E-state index in [4.69, 9.17) is 9.47 Å². The summed E-state index contributed by atoms with van der Waals surface area (Å²) >= 11 is 0. The highest BCUT2D eigenvalue weighted by molar-refractivity contribution is 5.40. The molecular formula is C18H24O3. The Bertz CT molecular complexity index is 571. The van der Waals surface area contributed by atoms with Crippen molar-refractivity contribution in [2.45, 2.75) is 38.9 Å². The molecule has 1 aromatic carbocycles. The van der Waals surface area contributed by atoms with E-state index < -0.39 is 0 Å². The number of benzene rings is 1. The third kappa shape index (κ3) is 1.56. The fourth-order valence-corrected chi connectivity index (χ4v) is 5.29. The van der Waals surface area contributed by atoms with E-state index >= 15 is 0 Å². The van der Waals surface area contributed by atoms with Crippen LogP contribution in [0.1, 0.15) is 38.9 Å². The Labute approximate surface area is 126 Å². The second-order valence-corrected chi connectivity index (χ2v) is 7.50. The smallest absolute Gasteiger partial charge is 0.125 e. The van der Waals surface area contributed by atoms with E-state index in [-0.39, 0.29) is 23.7 Å². The number of ether oxygens (including phenoxy) is 2. The van der Waals surface area contributed by atoms with Crippen LogP contribution in [0.5, 0.6) is 5.75 Å². The number of rotatable bonds is 1. The molecule has 1 saturated heterocycles. The first-order valence-corrected chi connectivity index (χ1v) is 8.02. The van der Waals surface area contributed by atoms with Gasteiger partial charge in [-0.3, -0.25) is 0 Å². The number of para-hydroxylation sites is 1. The summed E-state index contributed by atoms with van der Waals surface area (Å²) in [6, 6.07) is 8.26. The molecule has 1 N–H and O–H groups in total. The molecule has 2 aliphatic heterocycles. The average molecular weight is 288 g/mol. The summed E-state index contributed by atoms with van der Waals surface area (Å²) in [6.07, 6.45) is 1.08. The quantitative estimate of drug-likeness (QED) is 0.862. The molecule has 3 aliphatic rings. The van der Waals surface area contributed by atoms with Crippen LogP contribution in [0.15, 0.2) is 24.3 Å². The van der Waals surface area contributed by atoms with Crippen LogP contribution in [0.25, 0.3) is 0 Å². The van der Waals surface area contributed by atoms with Crippen molar-refractivity contribution in [3.63, 3.8) is 0 Å². The third-order valence-corrected chi connectivity index (χ3v) is 6.56. The van der Waals surface area contributed by atoms with Crippen molar-refractivity contribution < 1.29 is 14.6 Å². The number of aliphatic hydroxyl groups is 1. The molecule has 6 atom stereocenters. The van der Waals surface area contributed by atoms with Gasteiger partial charge in [0.1, 0.15) is 11.4 Å². The first-order chi connectivity index (χ1) is 10.0. The third-order valence-electron chi connectivity index (χ3n) is 6.56. The molecule has 1 aromatic rings. The Kier molecular flexibility index (Phi) is 2.74. The summed E-state index contributed by atoms with van der Waals surface area (Å²) in [5.41, 5.74) is 0.862. The van der Waals surface area contributed by atoms with Crippen LogP contribution in [-0.2, 0) is 4.74 Å². The molecule has 21 heavy (non-hydrogen) atoms. The fourth-order valence-electron chi connectivity index (χ4n) is 5.29. The summed E-state index contributed by atoms with van der Waals surface area (Å²) in [5, 5.41) is 10.1. The molecule has 3 nitrogen and oxygen atoms in total. The predicted molar refractivity (Wildman–Crippen MR) is 80.1 cm³/mol. The van der Waals surface area contributed by atoms with Gasteiger partial charge in [0.25, 0.3) is 0 Å². The van der Waals surface area contributed by atoms with Gasteiger partial charge in [-0.15, -0.1) is 0 Å². The lowest BCUT2D eigenvalue weighted by Crippen LogP contribution is -2.65. The van der Waals surface area contributed by atoms with Gasteiger partial charge >= 0.3 is 0 Å². The van der Waals surface area contributed by atoms with E-state index in [0.717, 1.165) is 12.2 Å². The number of hydrogen-bond acceptors (Lipinski definition) is 3. The van der Waals surface area contributed by atoms with Gasteiger partial charge in [0.2, 0.25) is 0 Å². The highest BCUT2D eigenvalue weighted by atomic mass is 16.5. The van der Waals surface area contributed by atoms with Crippen molar-refractivity contribution in [2.24, 2.45) is 23.2 Å². The van der Waals surface area contributed by atoms with E-state index in [0.29, 0.717) is 24.4 Å². The molecule has 4 rings (SSSR count). The van der Waals surface area contributed by atoms with Gasteiger partial charge in [-0.25, -0.2) is 0 Å². The maximum absolute atomic E-state index is 10.1. The Balaban J connectivity index is 1.87. The van der Waals surface area contributed by atoms with E-state index in [1.54, 1.807) is 0 Å². The number of aliphatic hydroxyl groups excluding tert-OH is 1. The maximum Gasteiger partial charge on any atom is 0.125 e. The lowest BCUT2D eigenvalue weighted by Gasteiger charge is -2.63. The van der Waals surface area contributed by atoms with Crippen molar-refractivity contribution in [1.82, 2.24) is 0 Å². The van der Waals surface area contributed by atoms with Crippen molar-refractivity contribution in [2.75, 3.05) is 13.2 Å². The zero-order valence-electron chi connectivity index (χ0n) is 13.0. The minimum Gasteiger partial charge on any atom is -0.487 e. The minimum absolute atomic E-state index is 0.0992. The van der Waals surface area contributed by atoms with Crippen LogP contribution in [0.2, 0.25) is 0 Å². The van der Waals surface area contributed by atoms with Crippen LogP contribution in [-0.4, -0.2) is 23.9 Å². The second-order valence-electron chi connectivity index (χ2n) is 7.50. The highest BCUT2D eigenvalue weighted by Crippen LogP contribution is 2.63. The normalized spacial score (nSPS) is 47.4. The van der Waals surface area contributed by atoms with Crippen LogP contribution < -0.4 is 4.74 Å². The SMILES string of the molecule is C[C@@H]1C[C@]2(C)Oc3ccccc3[C@@H]3OC[C@@]1(CO)[C@H](C)[C@H]32. The van der Waals surface area contributed by atoms with Gasteiger partial charge in [0, 0.05) is 16.9 Å². The molecule has 2 heterocycles. The molecule has 2 bridgehead atoms. The van der Waals surface area contributed by atoms with Gasteiger partial charge in [-0.05, 0) is 31.2 Å². The maximum atomic E-state index is 10.1. The molecule has 0 amide bonds. The van der Waals surface area contributed by atoms with Crippen LogP contribution in [0.4, 0.5) is 0 Å². The lowest BCUT2D eigenvalue weighted by molar-refractivity contribution is -0.260. The zero-order valence-corrected chi connectivity index (χ0v) is 13.0. The Hall–Kier alpha value is -1.06. The highest BCUT2D eigenvalue weighted by Gasteiger charge is 2.64. The van der Waals surface area contributed by atoms with Crippen molar-refractivity contribution in [3.8, 4) is 5.75 Å². The molecular weight excluding hydrogens is 264 g/mol. The molecule has 1 saturated carbocycles. The molecule has 1 aliphatic carbocycles. The van der Waals surface area contributed by atoms with Crippen molar-refractivity contribution in [3.05, 3.63) is 29.8 Å². The van der Waals surface area contributed by atoms with Gasteiger partial charge in [-0.2, -0.15) is 0 Å². The molecule has 3 heteroatoms. The summed E-state index contributed by atoms with van der Waals surface area (Å²) in [6.45, 7) is 7.60. The first-order valence-electron chi connectivity index (χ1n) is 8.02. The molecule has 0 spiro atoms. The summed E-state index contributed by atoms with van der Waals surface area (Å²) in [5.74, 6) is 2.07. The topological polar surface area (TPSA) is 38.7 Å². The predicted octanol–water partition coefficient (Wildman–Crippen LogP) is 3.18. The summed E-state index contributed by atoms with van der Waals surface area (Å²) in [4.78, 5) is 0. The fraction of sp³-hybridized carbons (Fsp3) is 0.667. The average Bonchev–Trinajstić information content (AvgIpc) is 2.46. The largest absolute Gasteiger partial charge is 0.487 e. The monoisotopic (exact) mass is 288 g/mol. The number of fused-ring (bicyclic) bond motifs is 3. The van der Waals surface area contributed by atoms with E-state index in [1.807, 2.05) is 6.07 Å². The zero-order chi connectivity index (χ0) is 14.8. The van der Waals surface area contributed by atoms with Gasteiger partial charge in [0.15, 0.2) is 0 Å². The summed E-state index contributed by atoms with van der Waals surface area (Å²) in [7, 11) is 0. The van der Waals surface area contributed by atoms with Crippen LogP contribution in [0.3, 0.4) is 0 Å². The Morgan fingerprint density at radius 3 is 2.81 bits per heavy atom. The van der Waals surface area contributed by atoms with E-state index in [1.165, 1.54) is 5.56 Å². The Morgan fingerprint density at radius 1 is 1.29 bits per heavy atom. The molecule has 114 valence electrons. The lowest BCUT2D eigenvalue weighted by atomic mass is 9.50. The standard InChI is InChI=1S/C18H24O3/c1-11-8-17(3)15-12(2)18(11,9-19)10-20-16(15)13-6-4-5-7-14(13)21-17/h4-7,11-12,15-16,19H,8-10H2,1-3H3/t11-,12-,15-,16+,17+,18-/m1/s1. The number of hydrogen-bond donors (Lipinski definition) is 1. The molecule has 0 radical (unpaired) electrons. The first kappa shape index (κ1) is 13.6. The van der Waals surface area contributed by atoms with Gasteiger partial charge < -0.3 is 14.6 Å². The molecule has 0 aromatic heterocycles. The summed E-state index contributed by atoms with van der Waals surface area (Å²) < 4.78 is 12.7. The second kappa shape index (κ2) is 4.23. The van der Waals surface area contributed by atoms with E-state index in [2.05, 4.69) is 39.0 Å².